The van der Waals surface area contributed by atoms with Gasteiger partial charge < -0.3 is 10.2 Å². The van der Waals surface area contributed by atoms with Crippen molar-refractivity contribution in [3.8, 4) is 11.1 Å². The van der Waals surface area contributed by atoms with Crippen molar-refractivity contribution in [2.75, 3.05) is 12.4 Å². The summed E-state index contributed by atoms with van der Waals surface area (Å²) in [4.78, 5) is 13.1. The molecule has 0 aromatic heterocycles. The Morgan fingerprint density at radius 3 is 2.32 bits per heavy atom. The maximum absolute atomic E-state index is 12.6. The molecule has 1 N–H and O–H groups in total. The molecule has 0 fully saturated rings. The van der Waals surface area contributed by atoms with Crippen molar-refractivity contribution >= 4 is 11.7 Å². The van der Waals surface area contributed by atoms with Crippen LogP contribution in [-0.2, 0) is 12.7 Å². The zero-order valence-electron chi connectivity index (χ0n) is 11.7. The third kappa shape index (κ3) is 2.64. The molecule has 114 valence electrons. The fourth-order valence-electron chi connectivity index (χ4n) is 2.42. The topological polar surface area (TPSA) is 32.3 Å². The van der Waals surface area contributed by atoms with E-state index >= 15 is 0 Å². The number of alkyl halides is 3. The second kappa shape index (κ2) is 5.05. The Morgan fingerprint density at radius 1 is 1.05 bits per heavy atom. The van der Waals surface area contributed by atoms with Crippen LogP contribution in [-0.4, -0.2) is 18.0 Å². The number of nitrogens with one attached hydrogen (secondary N) is 1. The van der Waals surface area contributed by atoms with Gasteiger partial charge in [-0.05, 0) is 41.0 Å². The van der Waals surface area contributed by atoms with Crippen LogP contribution in [0.25, 0.3) is 11.1 Å². The average molecular weight is 306 g/mol. The smallest absolute Gasteiger partial charge is 0.323 e. The van der Waals surface area contributed by atoms with Crippen LogP contribution in [0.5, 0.6) is 0 Å². The molecule has 0 atom stereocenters. The van der Waals surface area contributed by atoms with E-state index in [4.69, 9.17) is 0 Å². The van der Waals surface area contributed by atoms with Gasteiger partial charge in [0.05, 0.1) is 5.56 Å². The molecule has 2 aromatic carbocycles. The van der Waals surface area contributed by atoms with Crippen LogP contribution in [0.15, 0.2) is 42.5 Å². The van der Waals surface area contributed by atoms with Gasteiger partial charge in [0, 0.05) is 19.3 Å². The van der Waals surface area contributed by atoms with Crippen molar-refractivity contribution in [3.05, 3.63) is 53.6 Å². The number of hydrogen-bond donors (Lipinski definition) is 1. The van der Waals surface area contributed by atoms with Crippen LogP contribution >= 0.6 is 0 Å². The quantitative estimate of drug-likeness (QED) is 0.834. The summed E-state index contributed by atoms with van der Waals surface area (Å²) in [5.74, 6) is 0. The van der Waals surface area contributed by atoms with Crippen molar-refractivity contribution in [2.45, 2.75) is 12.7 Å². The van der Waals surface area contributed by atoms with Gasteiger partial charge in [0.25, 0.3) is 0 Å². The third-order valence-electron chi connectivity index (χ3n) is 3.65. The summed E-state index contributed by atoms with van der Waals surface area (Å²) in [5.41, 5.74) is 2.52. The monoisotopic (exact) mass is 306 g/mol. The molecule has 2 amide bonds. The lowest BCUT2D eigenvalue weighted by Crippen LogP contribution is -2.35. The molecule has 0 aliphatic carbocycles. The molecule has 3 rings (SSSR count). The summed E-state index contributed by atoms with van der Waals surface area (Å²) in [6.45, 7) is 0.468. The molecule has 2 aromatic rings. The largest absolute Gasteiger partial charge is 0.416 e. The van der Waals surface area contributed by atoms with E-state index in [1.165, 1.54) is 12.1 Å². The molecule has 1 heterocycles. The first-order chi connectivity index (χ1) is 10.3. The number of fused-ring (bicyclic) bond motifs is 1. The minimum atomic E-state index is -4.33. The molecule has 6 heteroatoms. The summed E-state index contributed by atoms with van der Waals surface area (Å²) >= 11 is 0. The highest BCUT2D eigenvalue weighted by atomic mass is 19.4. The Hall–Kier alpha value is -2.50. The number of nitrogens with zero attached hydrogens (tertiary/aromatic N) is 1. The van der Waals surface area contributed by atoms with E-state index in [9.17, 15) is 18.0 Å². The average Bonchev–Trinajstić information content (AvgIpc) is 2.47. The SMILES string of the molecule is CN1Cc2cc(-c3ccc(C(F)(F)F)cc3)ccc2NC1=O. The van der Waals surface area contributed by atoms with Crippen LogP contribution in [0.4, 0.5) is 23.7 Å². The number of carbonyl (C=O) groups is 1. The Morgan fingerprint density at radius 2 is 1.68 bits per heavy atom. The highest BCUT2D eigenvalue weighted by Gasteiger charge is 2.30. The van der Waals surface area contributed by atoms with Gasteiger partial charge in [-0.3, -0.25) is 0 Å². The van der Waals surface area contributed by atoms with Crippen LogP contribution < -0.4 is 5.32 Å². The molecule has 0 saturated carbocycles. The summed E-state index contributed by atoms with van der Waals surface area (Å²) < 4.78 is 37.7. The first kappa shape index (κ1) is 14.4. The highest BCUT2D eigenvalue weighted by Crippen LogP contribution is 2.32. The number of urea groups is 1. The van der Waals surface area contributed by atoms with Crippen molar-refractivity contribution < 1.29 is 18.0 Å². The predicted molar refractivity (Wildman–Crippen MR) is 77.4 cm³/mol. The third-order valence-corrected chi connectivity index (χ3v) is 3.65. The lowest BCUT2D eigenvalue weighted by molar-refractivity contribution is -0.137. The summed E-state index contributed by atoms with van der Waals surface area (Å²) in [6, 6.07) is 10.3. The van der Waals surface area contributed by atoms with Gasteiger partial charge in [0.2, 0.25) is 0 Å². The Kier molecular flexibility index (Phi) is 3.31. The maximum Gasteiger partial charge on any atom is 0.416 e. The fraction of sp³-hybridized carbons (Fsp3) is 0.188. The molecule has 0 spiro atoms. The van der Waals surface area contributed by atoms with E-state index < -0.39 is 11.7 Å². The number of halogens is 3. The van der Waals surface area contributed by atoms with Crippen molar-refractivity contribution in [1.29, 1.82) is 0 Å². The number of benzene rings is 2. The normalized spacial score (nSPS) is 14.5. The zero-order valence-corrected chi connectivity index (χ0v) is 11.7. The van der Waals surface area contributed by atoms with E-state index in [2.05, 4.69) is 5.32 Å². The van der Waals surface area contributed by atoms with Gasteiger partial charge >= 0.3 is 12.2 Å². The van der Waals surface area contributed by atoms with E-state index in [0.29, 0.717) is 12.1 Å². The van der Waals surface area contributed by atoms with Crippen molar-refractivity contribution in [1.82, 2.24) is 4.90 Å². The van der Waals surface area contributed by atoms with Gasteiger partial charge in [-0.1, -0.05) is 18.2 Å². The zero-order chi connectivity index (χ0) is 15.9. The number of hydrogen-bond acceptors (Lipinski definition) is 1. The molecule has 0 bridgehead atoms. The van der Waals surface area contributed by atoms with Gasteiger partial charge in [-0.25, -0.2) is 4.79 Å². The molecule has 22 heavy (non-hydrogen) atoms. The molecule has 0 unspecified atom stereocenters. The van der Waals surface area contributed by atoms with Crippen molar-refractivity contribution in [2.24, 2.45) is 0 Å². The minimum Gasteiger partial charge on any atom is -0.323 e. The van der Waals surface area contributed by atoms with E-state index in [1.54, 1.807) is 24.1 Å². The van der Waals surface area contributed by atoms with Crippen LogP contribution in [0.2, 0.25) is 0 Å². The molecular formula is C16H13F3N2O. The standard InChI is InChI=1S/C16H13F3N2O/c1-21-9-12-8-11(4-7-14(12)20-15(21)22)10-2-5-13(6-3-10)16(17,18)19/h2-8H,9H2,1H3,(H,20,22). The van der Waals surface area contributed by atoms with Crippen molar-refractivity contribution in [3.63, 3.8) is 0 Å². The van der Waals surface area contributed by atoms with Crippen LogP contribution in [0, 0.1) is 0 Å². The van der Waals surface area contributed by atoms with Gasteiger partial charge in [-0.15, -0.1) is 0 Å². The lowest BCUT2D eigenvalue weighted by Gasteiger charge is -2.26. The Labute approximate surface area is 125 Å². The first-order valence-electron chi connectivity index (χ1n) is 6.67. The van der Waals surface area contributed by atoms with E-state index in [0.717, 1.165) is 28.9 Å². The van der Waals surface area contributed by atoms with E-state index in [1.807, 2.05) is 6.07 Å². The van der Waals surface area contributed by atoms with Crippen LogP contribution in [0.3, 0.4) is 0 Å². The second-order valence-corrected chi connectivity index (χ2v) is 5.23. The van der Waals surface area contributed by atoms with E-state index in [-0.39, 0.29) is 6.03 Å². The molecule has 1 aliphatic rings. The molecule has 0 saturated heterocycles. The second-order valence-electron chi connectivity index (χ2n) is 5.23. The van der Waals surface area contributed by atoms with Gasteiger partial charge in [0.1, 0.15) is 0 Å². The maximum atomic E-state index is 12.6. The summed E-state index contributed by atoms with van der Waals surface area (Å²) in [5, 5.41) is 2.76. The molecule has 3 nitrogen and oxygen atoms in total. The lowest BCUT2D eigenvalue weighted by atomic mass is 9.99. The Bertz CT molecular complexity index is 723. The number of carbonyl (C=O) groups excluding carboxylic acids is 1. The highest BCUT2D eigenvalue weighted by molar-refractivity contribution is 5.92. The Balaban J connectivity index is 1.93. The minimum absolute atomic E-state index is 0.171. The van der Waals surface area contributed by atoms with Gasteiger partial charge in [-0.2, -0.15) is 13.2 Å². The number of amides is 2. The number of anilines is 1. The molecular weight excluding hydrogens is 293 g/mol. The molecule has 1 aliphatic heterocycles. The number of rotatable bonds is 1. The predicted octanol–water partition coefficient (Wildman–Crippen LogP) is 4.35. The summed E-state index contributed by atoms with van der Waals surface area (Å²) in [6.07, 6.45) is -4.33. The van der Waals surface area contributed by atoms with Gasteiger partial charge in [0.15, 0.2) is 0 Å². The first-order valence-corrected chi connectivity index (χ1v) is 6.67. The summed E-state index contributed by atoms with van der Waals surface area (Å²) in [7, 11) is 1.68. The fourth-order valence-corrected chi connectivity index (χ4v) is 2.42. The van der Waals surface area contributed by atoms with Crippen LogP contribution in [0.1, 0.15) is 11.1 Å². The molecule has 0 radical (unpaired) electrons.